The Morgan fingerprint density at radius 1 is 1.44 bits per heavy atom. The van der Waals surface area contributed by atoms with Gasteiger partial charge in [-0.2, -0.15) is 0 Å². The Kier molecular flexibility index (Phi) is 2.63. The molecule has 0 spiro atoms. The maximum Gasteiger partial charge on any atom is 0.240 e. The van der Waals surface area contributed by atoms with Crippen LogP contribution in [0.15, 0.2) is 17.0 Å². The Labute approximate surface area is 93.7 Å². The van der Waals surface area contributed by atoms with Crippen LogP contribution in [0.4, 0.5) is 10.1 Å². The van der Waals surface area contributed by atoms with Crippen LogP contribution >= 0.6 is 0 Å². The van der Waals surface area contributed by atoms with Crippen molar-refractivity contribution in [3.8, 4) is 0 Å². The van der Waals surface area contributed by atoms with E-state index in [1.54, 1.807) is 0 Å². The maximum absolute atomic E-state index is 13.2. The summed E-state index contributed by atoms with van der Waals surface area (Å²) in [6, 6.07) is 2.46. The number of hydrogen-bond donors (Lipinski definition) is 2. The summed E-state index contributed by atoms with van der Waals surface area (Å²) >= 11 is 0. The number of sulfonamides is 1. The molecular formula is C10H13FN2O2S. The molecule has 1 saturated carbocycles. The molecule has 0 atom stereocenters. The van der Waals surface area contributed by atoms with Crippen molar-refractivity contribution in [2.45, 2.75) is 30.7 Å². The van der Waals surface area contributed by atoms with E-state index in [1.165, 1.54) is 13.0 Å². The summed E-state index contributed by atoms with van der Waals surface area (Å²) in [6.07, 6.45) is 1.71. The normalized spacial score (nSPS) is 16.4. The molecule has 88 valence electrons. The molecule has 0 heterocycles. The number of nitrogens with one attached hydrogen (secondary N) is 1. The summed E-state index contributed by atoms with van der Waals surface area (Å²) < 4.78 is 39.4. The van der Waals surface area contributed by atoms with Crippen molar-refractivity contribution in [1.82, 2.24) is 4.72 Å². The van der Waals surface area contributed by atoms with Crippen LogP contribution in [0.3, 0.4) is 0 Å². The number of hydrogen-bond acceptors (Lipinski definition) is 3. The van der Waals surface area contributed by atoms with E-state index in [2.05, 4.69) is 4.72 Å². The summed E-state index contributed by atoms with van der Waals surface area (Å²) in [6.45, 7) is 1.49. The average Bonchev–Trinajstić information content (AvgIpc) is 2.96. The zero-order valence-electron chi connectivity index (χ0n) is 8.83. The molecule has 1 aromatic rings. The fourth-order valence-corrected chi connectivity index (χ4v) is 2.83. The van der Waals surface area contributed by atoms with E-state index in [-0.39, 0.29) is 22.2 Å². The smallest absolute Gasteiger partial charge is 0.240 e. The lowest BCUT2D eigenvalue weighted by Gasteiger charge is -2.08. The van der Waals surface area contributed by atoms with E-state index >= 15 is 0 Å². The Balaban J connectivity index is 2.39. The molecule has 0 radical (unpaired) electrons. The number of rotatable bonds is 3. The fourth-order valence-electron chi connectivity index (χ4n) is 1.41. The van der Waals surface area contributed by atoms with Gasteiger partial charge in [-0.05, 0) is 37.5 Å². The van der Waals surface area contributed by atoms with Gasteiger partial charge in [-0.3, -0.25) is 0 Å². The first-order valence-electron chi connectivity index (χ1n) is 4.98. The zero-order valence-corrected chi connectivity index (χ0v) is 9.64. The molecular weight excluding hydrogens is 231 g/mol. The highest BCUT2D eigenvalue weighted by molar-refractivity contribution is 7.89. The Morgan fingerprint density at radius 3 is 2.56 bits per heavy atom. The van der Waals surface area contributed by atoms with Gasteiger partial charge in [-0.25, -0.2) is 17.5 Å². The van der Waals surface area contributed by atoms with Gasteiger partial charge in [0.15, 0.2) is 0 Å². The third-order valence-corrected chi connectivity index (χ3v) is 3.97. The lowest BCUT2D eigenvalue weighted by atomic mass is 10.2. The summed E-state index contributed by atoms with van der Waals surface area (Å²) in [5.41, 5.74) is 5.49. The molecule has 6 heteroatoms. The van der Waals surface area contributed by atoms with Crippen LogP contribution in [0.2, 0.25) is 0 Å². The molecule has 1 aliphatic rings. The van der Waals surface area contributed by atoms with Crippen LogP contribution in [-0.4, -0.2) is 14.5 Å². The topological polar surface area (TPSA) is 72.2 Å². The van der Waals surface area contributed by atoms with Gasteiger partial charge in [0.1, 0.15) is 5.82 Å². The first-order valence-corrected chi connectivity index (χ1v) is 6.46. The first kappa shape index (κ1) is 11.3. The summed E-state index contributed by atoms with van der Waals surface area (Å²) in [5.74, 6) is -0.564. The third kappa shape index (κ3) is 2.17. The molecule has 3 N–H and O–H groups in total. The molecule has 1 fully saturated rings. The molecule has 1 aliphatic carbocycles. The van der Waals surface area contributed by atoms with E-state index in [4.69, 9.17) is 5.73 Å². The van der Waals surface area contributed by atoms with Crippen molar-refractivity contribution >= 4 is 15.7 Å². The molecule has 0 aliphatic heterocycles. The van der Waals surface area contributed by atoms with Crippen LogP contribution < -0.4 is 10.5 Å². The highest BCUT2D eigenvalue weighted by atomic mass is 32.2. The minimum absolute atomic E-state index is 0.0239. The number of nitrogen functional groups attached to an aromatic ring is 1. The van der Waals surface area contributed by atoms with Crippen LogP contribution in [-0.2, 0) is 10.0 Å². The average molecular weight is 244 g/mol. The number of aryl methyl sites for hydroxylation is 1. The lowest BCUT2D eigenvalue weighted by Crippen LogP contribution is -2.26. The maximum atomic E-state index is 13.2. The van der Waals surface area contributed by atoms with E-state index in [1.807, 2.05) is 0 Å². The summed E-state index contributed by atoms with van der Waals surface area (Å²) in [5, 5.41) is 0. The summed E-state index contributed by atoms with van der Waals surface area (Å²) in [7, 11) is -3.56. The quantitative estimate of drug-likeness (QED) is 0.784. The highest BCUT2D eigenvalue weighted by Crippen LogP contribution is 2.25. The van der Waals surface area contributed by atoms with Crippen LogP contribution in [0.1, 0.15) is 18.4 Å². The van der Waals surface area contributed by atoms with Crippen molar-refractivity contribution in [3.05, 3.63) is 23.5 Å². The van der Waals surface area contributed by atoms with Crippen molar-refractivity contribution < 1.29 is 12.8 Å². The molecule has 0 bridgehead atoms. The van der Waals surface area contributed by atoms with Crippen LogP contribution in [0, 0.1) is 12.7 Å². The molecule has 1 aromatic carbocycles. The third-order valence-electron chi connectivity index (χ3n) is 2.47. The van der Waals surface area contributed by atoms with Crippen molar-refractivity contribution in [2.24, 2.45) is 0 Å². The zero-order chi connectivity index (χ0) is 11.9. The van der Waals surface area contributed by atoms with Crippen LogP contribution in [0.5, 0.6) is 0 Å². The summed E-state index contributed by atoms with van der Waals surface area (Å²) in [4.78, 5) is 0.0239. The van der Waals surface area contributed by atoms with Gasteiger partial charge in [-0.1, -0.05) is 0 Å². The molecule has 0 unspecified atom stereocenters. The van der Waals surface area contributed by atoms with Crippen molar-refractivity contribution in [3.63, 3.8) is 0 Å². The number of anilines is 1. The van der Waals surface area contributed by atoms with Gasteiger partial charge in [-0.15, -0.1) is 0 Å². The SMILES string of the molecule is Cc1cc(S(=O)(=O)NC2CC2)cc(N)c1F. The highest BCUT2D eigenvalue weighted by Gasteiger charge is 2.28. The number of halogens is 1. The molecule has 2 rings (SSSR count). The lowest BCUT2D eigenvalue weighted by molar-refractivity contribution is 0.580. The predicted molar refractivity (Wildman–Crippen MR) is 58.9 cm³/mol. The minimum atomic E-state index is -3.56. The van der Waals surface area contributed by atoms with Crippen LogP contribution in [0.25, 0.3) is 0 Å². The Morgan fingerprint density at radius 2 is 2.06 bits per heavy atom. The molecule has 0 saturated heterocycles. The predicted octanol–water partition coefficient (Wildman–Crippen LogP) is 1.16. The van der Waals surface area contributed by atoms with Gasteiger partial charge < -0.3 is 5.73 Å². The molecule has 16 heavy (non-hydrogen) atoms. The second-order valence-electron chi connectivity index (χ2n) is 4.04. The first-order chi connectivity index (χ1) is 7.40. The van der Waals surface area contributed by atoms with E-state index in [0.29, 0.717) is 0 Å². The molecule has 0 aromatic heterocycles. The Bertz CT molecular complexity index is 501. The largest absolute Gasteiger partial charge is 0.396 e. The van der Waals surface area contributed by atoms with E-state index in [9.17, 15) is 12.8 Å². The van der Waals surface area contributed by atoms with Gasteiger partial charge in [0.25, 0.3) is 0 Å². The second-order valence-corrected chi connectivity index (χ2v) is 5.75. The van der Waals surface area contributed by atoms with Crippen molar-refractivity contribution in [1.29, 1.82) is 0 Å². The van der Waals surface area contributed by atoms with Gasteiger partial charge in [0.2, 0.25) is 10.0 Å². The van der Waals surface area contributed by atoms with Gasteiger partial charge >= 0.3 is 0 Å². The fraction of sp³-hybridized carbons (Fsp3) is 0.400. The van der Waals surface area contributed by atoms with E-state index < -0.39 is 15.8 Å². The minimum Gasteiger partial charge on any atom is -0.396 e. The second kappa shape index (κ2) is 3.71. The van der Waals surface area contributed by atoms with Crippen molar-refractivity contribution in [2.75, 3.05) is 5.73 Å². The number of benzene rings is 1. The van der Waals surface area contributed by atoms with E-state index in [0.717, 1.165) is 18.9 Å². The molecule has 4 nitrogen and oxygen atoms in total. The Hall–Kier alpha value is -1.14. The monoisotopic (exact) mass is 244 g/mol. The standard InChI is InChI=1S/C10H13FN2O2S/c1-6-4-8(5-9(12)10(6)11)16(14,15)13-7-2-3-7/h4-5,7,13H,2-3,12H2,1H3. The van der Waals surface area contributed by atoms with Gasteiger partial charge in [0.05, 0.1) is 10.6 Å². The number of nitrogens with two attached hydrogens (primary N) is 1. The molecule has 0 amide bonds. The van der Waals surface area contributed by atoms with Gasteiger partial charge in [0, 0.05) is 6.04 Å².